The molecule has 0 aliphatic heterocycles. The van der Waals surface area contributed by atoms with Gasteiger partial charge in [-0.25, -0.2) is 0 Å². The summed E-state index contributed by atoms with van der Waals surface area (Å²) in [6, 6.07) is 45.2. The Balaban J connectivity index is 1.20. The summed E-state index contributed by atoms with van der Waals surface area (Å²) in [5.74, 6) is 0.719. The molecule has 0 amide bonds. The molecule has 1 saturated carbocycles. The Morgan fingerprint density at radius 2 is 0.923 bits per heavy atom. The first-order valence-electron chi connectivity index (χ1n) is 14.4. The summed E-state index contributed by atoms with van der Waals surface area (Å²) in [5, 5.41) is 5.19. The lowest BCUT2D eigenvalue weighted by Crippen LogP contribution is -2.10. The molecule has 0 aromatic heterocycles. The van der Waals surface area contributed by atoms with Crippen LogP contribution in [0.15, 0.2) is 121 Å². The second kappa shape index (κ2) is 9.13. The second-order valence-electron chi connectivity index (χ2n) is 11.3. The zero-order valence-electron chi connectivity index (χ0n) is 22.1. The molecule has 0 N–H and O–H groups in total. The third kappa shape index (κ3) is 3.84. The second-order valence-corrected chi connectivity index (χ2v) is 11.3. The lowest BCUT2D eigenvalue weighted by atomic mass is 9.78. The van der Waals surface area contributed by atoms with Crippen LogP contribution in [0.5, 0.6) is 0 Å². The zero-order chi connectivity index (χ0) is 25.8. The van der Waals surface area contributed by atoms with Gasteiger partial charge in [-0.05, 0) is 129 Å². The van der Waals surface area contributed by atoms with Gasteiger partial charge in [-0.3, -0.25) is 0 Å². The van der Waals surface area contributed by atoms with Crippen molar-refractivity contribution in [2.75, 3.05) is 4.90 Å². The van der Waals surface area contributed by atoms with Gasteiger partial charge >= 0.3 is 0 Å². The smallest absolute Gasteiger partial charge is 0.0468 e. The molecule has 0 radical (unpaired) electrons. The van der Waals surface area contributed by atoms with E-state index in [0.717, 1.165) is 5.92 Å². The molecule has 188 valence electrons. The van der Waals surface area contributed by atoms with Crippen LogP contribution in [0.1, 0.15) is 43.6 Å². The topological polar surface area (TPSA) is 3.24 Å². The fourth-order valence-corrected chi connectivity index (χ4v) is 6.85. The van der Waals surface area contributed by atoms with Crippen LogP contribution >= 0.6 is 0 Å². The lowest BCUT2D eigenvalue weighted by molar-refractivity contribution is 0.443. The van der Waals surface area contributed by atoms with E-state index in [-0.39, 0.29) is 0 Å². The maximum absolute atomic E-state index is 2.39. The van der Waals surface area contributed by atoms with Gasteiger partial charge in [0.05, 0.1) is 0 Å². The Morgan fingerprint density at radius 1 is 0.410 bits per heavy atom. The number of anilines is 3. The molecule has 39 heavy (non-hydrogen) atoms. The highest BCUT2D eigenvalue weighted by atomic mass is 15.1. The van der Waals surface area contributed by atoms with Crippen LogP contribution in [0.3, 0.4) is 0 Å². The summed E-state index contributed by atoms with van der Waals surface area (Å²) < 4.78 is 0. The van der Waals surface area contributed by atoms with E-state index in [4.69, 9.17) is 0 Å². The molecule has 1 fully saturated rings. The maximum Gasteiger partial charge on any atom is 0.0468 e. The van der Waals surface area contributed by atoms with E-state index in [9.17, 15) is 0 Å². The minimum Gasteiger partial charge on any atom is -0.310 e. The molecule has 8 rings (SSSR count). The van der Waals surface area contributed by atoms with Crippen molar-refractivity contribution in [3.63, 3.8) is 0 Å². The summed E-state index contributed by atoms with van der Waals surface area (Å²) in [4.78, 5) is 2.39. The Labute approximate surface area is 230 Å². The summed E-state index contributed by atoms with van der Waals surface area (Å²) in [5.41, 5.74) is 10.6. The number of para-hydroxylation sites is 1. The van der Waals surface area contributed by atoms with Crippen molar-refractivity contribution in [1.29, 1.82) is 0 Å². The highest BCUT2D eigenvalue weighted by molar-refractivity contribution is 6.12. The Bertz CT molecular complexity index is 1830. The summed E-state index contributed by atoms with van der Waals surface area (Å²) in [6.45, 7) is 0. The van der Waals surface area contributed by atoms with Crippen LogP contribution in [0.4, 0.5) is 17.1 Å². The molecule has 0 heterocycles. The van der Waals surface area contributed by atoms with E-state index >= 15 is 0 Å². The maximum atomic E-state index is 2.39. The fourth-order valence-electron chi connectivity index (χ4n) is 6.85. The van der Waals surface area contributed by atoms with Crippen molar-refractivity contribution in [3.05, 3.63) is 127 Å². The van der Waals surface area contributed by atoms with Crippen molar-refractivity contribution in [2.24, 2.45) is 0 Å². The fraction of sp³-hybridized carbons (Fsp3) is 0.158. The molecular formula is C38H31N. The standard InChI is InChI=1S/C38H31N/c1-3-9-26(10-4-1)27-15-18-33(19-16-27)39(32-13-5-2-6-14-32)34-20-17-30-24-37-35-22-28-11-7-8-12-29(28)23-36(35)38(37)25-31(30)21-34/h2,5-8,11-26H,1,3-4,9-10H2. The van der Waals surface area contributed by atoms with E-state index in [0.29, 0.717) is 0 Å². The average molecular weight is 502 g/mol. The molecule has 6 aromatic rings. The van der Waals surface area contributed by atoms with Gasteiger partial charge < -0.3 is 4.90 Å². The summed E-state index contributed by atoms with van der Waals surface area (Å²) >= 11 is 0. The van der Waals surface area contributed by atoms with Gasteiger partial charge in [0.1, 0.15) is 0 Å². The highest BCUT2D eigenvalue weighted by Crippen LogP contribution is 2.50. The normalized spacial score (nSPS) is 14.6. The molecule has 6 aromatic carbocycles. The largest absolute Gasteiger partial charge is 0.310 e. The van der Waals surface area contributed by atoms with Crippen molar-refractivity contribution in [1.82, 2.24) is 0 Å². The van der Waals surface area contributed by atoms with E-state index in [2.05, 4.69) is 126 Å². The highest BCUT2D eigenvalue weighted by Gasteiger charge is 2.24. The predicted octanol–water partition coefficient (Wildman–Crippen LogP) is 11.2. The zero-order valence-corrected chi connectivity index (χ0v) is 22.1. The van der Waals surface area contributed by atoms with Crippen molar-refractivity contribution in [3.8, 4) is 22.3 Å². The molecule has 1 nitrogen and oxygen atoms in total. The van der Waals surface area contributed by atoms with Crippen LogP contribution in [0.25, 0.3) is 43.8 Å². The molecule has 0 saturated heterocycles. The van der Waals surface area contributed by atoms with E-state index in [1.54, 1.807) is 0 Å². The Morgan fingerprint density at radius 3 is 1.56 bits per heavy atom. The summed E-state index contributed by atoms with van der Waals surface area (Å²) in [6.07, 6.45) is 6.78. The van der Waals surface area contributed by atoms with E-state index < -0.39 is 0 Å². The number of benzene rings is 6. The first kappa shape index (κ1) is 22.6. The van der Waals surface area contributed by atoms with E-state index in [1.165, 1.54) is 98.5 Å². The van der Waals surface area contributed by atoms with Crippen LogP contribution in [0.2, 0.25) is 0 Å². The minimum absolute atomic E-state index is 0.719. The van der Waals surface area contributed by atoms with Crippen molar-refractivity contribution >= 4 is 38.6 Å². The van der Waals surface area contributed by atoms with E-state index in [1.807, 2.05) is 0 Å². The Kier molecular flexibility index (Phi) is 5.29. The molecular weight excluding hydrogens is 470 g/mol. The number of hydrogen-bond donors (Lipinski definition) is 0. The molecule has 2 aliphatic rings. The molecule has 0 unspecified atom stereocenters. The third-order valence-electron chi connectivity index (χ3n) is 8.93. The van der Waals surface area contributed by atoms with Gasteiger partial charge in [0.15, 0.2) is 0 Å². The number of rotatable bonds is 4. The van der Waals surface area contributed by atoms with Gasteiger partial charge in [0.2, 0.25) is 0 Å². The van der Waals surface area contributed by atoms with Crippen LogP contribution in [-0.4, -0.2) is 0 Å². The first-order valence-corrected chi connectivity index (χ1v) is 14.4. The number of hydrogen-bond acceptors (Lipinski definition) is 1. The Hall–Kier alpha value is -4.36. The third-order valence-corrected chi connectivity index (χ3v) is 8.93. The van der Waals surface area contributed by atoms with Crippen LogP contribution in [0, 0.1) is 0 Å². The first-order chi connectivity index (χ1) is 19.3. The van der Waals surface area contributed by atoms with Crippen LogP contribution < -0.4 is 4.90 Å². The summed E-state index contributed by atoms with van der Waals surface area (Å²) in [7, 11) is 0. The number of fused-ring (bicyclic) bond motifs is 6. The number of nitrogens with zero attached hydrogens (tertiary/aromatic N) is 1. The van der Waals surface area contributed by atoms with Crippen molar-refractivity contribution in [2.45, 2.75) is 38.0 Å². The molecule has 2 aliphatic carbocycles. The van der Waals surface area contributed by atoms with Crippen LogP contribution in [-0.2, 0) is 0 Å². The SMILES string of the molecule is c1ccc(N(c2ccc(C3CCCCC3)cc2)c2ccc3cc4c(cc3c2)-c2cc3ccccc3cc2-4)cc1. The molecule has 0 spiro atoms. The van der Waals surface area contributed by atoms with Gasteiger partial charge in [0, 0.05) is 17.1 Å². The average Bonchev–Trinajstić information content (AvgIpc) is 3.01. The van der Waals surface area contributed by atoms with Gasteiger partial charge in [0.25, 0.3) is 0 Å². The van der Waals surface area contributed by atoms with Gasteiger partial charge in [-0.15, -0.1) is 0 Å². The quantitative estimate of drug-likeness (QED) is 0.232. The van der Waals surface area contributed by atoms with Crippen molar-refractivity contribution < 1.29 is 0 Å². The molecule has 0 atom stereocenters. The van der Waals surface area contributed by atoms with Gasteiger partial charge in [-0.1, -0.05) is 79.9 Å². The predicted molar refractivity (Wildman–Crippen MR) is 166 cm³/mol. The minimum atomic E-state index is 0.719. The van der Waals surface area contributed by atoms with Gasteiger partial charge in [-0.2, -0.15) is 0 Å². The molecule has 0 bridgehead atoms. The lowest BCUT2D eigenvalue weighted by Gasteiger charge is -2.28. The monoisotopic (exact) mass is 501 g/mol. The molecule has 1 heteroatoms.